The normalized spacial score (nSPS) is 16.7. The van der Waals surface area contributed by atoms with Gasteiger partial charge in [-0.15, -0.1) is 0 Å². The first-order valence-corrected chi connectivity index (χ1v) is 8.87. The second-order valence-corrected chi connectivity index (χ2v) is 6.85. The van der Waals surface area contributed by atoms with Gasteiger partial charge >= 0.3 is 0 Å². The smallest absolute Gasteiger partial charge is 0.252 e. The topological polar surface area (TPSA) is 86.1 Å². The summed E-state index contributed by atoms with van der Waals surface area (Å²) >= 11 is 0. The first-order chi connectivity index (χ1) is 12.5. The van der Waals surface area contributed by atoms with Crippen LogP contribution in [0.5, 0.6) is 0 Å². The van der Waals surface area contributed by atoms with Crippen LogP contribution < -0.4 is 5.32 Å². The Labute approximate surface area is 152 Å². The number of aromatic nitrogens is 1. The van der Waals surface area contributed by atoms with E-state index in [1.807, 2.05) is 18.2 Å². The van der Waals surface area contributed by atoms with Gasteiger partial charge in [-0.1, -0.05) is 26.0 Å². The number of hydrogen-bond acceptors (Lipinski definition) is 4. The number of pyridine rings is 1. The molecule has 6 heteroatoms. The minimum absolute atomic E-state index is 0.106. The Hall–Kier alpha value is -2.94. The minimum Gasteiger partial charge on any atom is -0.343 e. The molecule has 26 heavy (non-hydrogen) atoms. The van der Waals surface area contributed by atoms with E-state index in [2.05, 4.69) is 30.2 Å². The fourth-order valence-electron chi connectivity index (χ4n) is 3.27. The number of benzene rings is 1. The lowest BCUT2D eigenvalue weighted by Crippen LogP contribution is -2.42. The van der Waals surface area contributed by atoms with Gasteiger partial charge in [0.15, 0.2) is 0 Å². The lowest BCUT2D eigenvalue weighted by atomic mass is 9.99. The Morgan fingerprint density at radius 1 is 1.38 bits per heavy atom. The number of fused-ring (bicyclic) bond motifs is 1. The van der Waals surface area contributed by atoms with Crippen molar-refractivity contribution in [2.75, 3.05) is 13.1 Å². The Balaban J connectivity index is 1.74. The molecule has 0 unspecified atom stereocenters. The summed E-state index contributed by atoms with van der Waals surface area (Å²) in [6, 6.07) is 9.31. The molecule has 0 saturated carbocycles. The molecule has 2 amide bonds. The van der Waals surface area contributed by atoms with E-state index in [1.54, 1.807) is 17.2 Å². The van der Waals surface area contributed by atoms with E-state index < -0.39 is 0 Å². The summed E-state index contributed by atoms with van der Waals surface area (Å²) in [6.45, 7) is 4.68. The van der Waals surface area contributed by atoms with Crippen molar-refractivity contribution in [3.63, 3.8) is 0 Å². The molecule has 0 aliphatic carbocycles. The van der Waals surface area contributed by atoms with Crippen LogP contribution in [-0.4, -0.2) is 40.8 Å². The standard InChI is InChI=1S/C20H22N4O2/c1-13(2)14-5-6-16-17(7-8-22-18(16)10-14)20(26)23-12-19(25)24-9-3-4-15(24)11-21/h5-8,10,13,15H,3-4,9,12H2,1-2H3,(H,23,26)/t15-/m0/s1. The molecule has 0 spiro atoms. The summed E-state index contributed by atoms with van der Waals surface area (Å²) in [5, 5.41) is 12.5. The van der Waals surface area contributed by atoms with Gasteiger partial charge in [0.2, 0.25) is 5.91 Å². The van der Waals surface area contributed by atoms with Crippen molar-refractivity contribution in [3.05, 3.63) is 41.6 Å². The van der Waals surface area contributed by atoms with Gasteiger partial charge in [-0.25, -0.2) is 0 Å². The second-order valence-electron chi connectivity index (χ2n) is 6.85. The second kappa shape index (κ2) is 7.52. The molecule has 1 fully saturated rings. The van der Waals surface area contributed by atoms with Crippen molar-refractivity contribution in [2.24, 2.45) is 0 Å². The van der Waals surface area contributed by atoms with Crippen molar-refractivity contribution in [2.45, 2.75) is 38.6 Å². The summed E-state index contributed by atoms with van der Waals surface area (Å²) in [5.74, 6) is -0.150. The van der Waals surface area contributed by atoms with Gasteiger partial charge in [0.05, 0.1) is 23.7 Å². The Morgan fingerprint density at radius 3 is 2.92 bits per heavy atom. The number of carbonyl (C=O) groups excluding carboxylic acids is 2. The number of nitriles is 1. The summed E-state index contributed by atoms with van der Waals surface area (Å²) in [4.78, 5) is 30.8. The first kappa shape index (κ1) is 17.9. The van der Waals surface area contributed by atoms with Gasteiger partial charge in [-0.2, -0.15) is 5.26 Å². The maximum Gasteiger partial charge on any atom is 0.252 e. The average Bonchev–Trinajstić information content (AvgIpc) is 3.13. The van der Waals surface area contributed by atoms with Gasteiger partial charge in [-0.3, -0.25) is 14.6 Å². The van der Waals surface area contributed by atoms with Gasteiger partial charge in [-0.05, 0) is 36.5 Å². The van der Waals surface area contributed by atoms with Gasteiger partial charge in [0.1, 0.15) is 6.04 Å². The van der Waals surface area contributed by atoms with E-state index in [1.165, 1.54) is 0 Å². The molecular weight excluding hydrogens is 328 g/mol. The Bertz CT molecular complexity index is 885. The molecule has 1 aliphatic rings. The zero-order valence-electron chi connectivity index (χ0n) is 15.0. The average molecular weight is 350 g/mol. The van der Waals surface area contributed by atoms with E-state index in [-0.39, 0.29) is 24.4 Å². The summed E-state index contributed by atoms with van der Waals surface area (Å²) < 4.78 is 0. The van der Waals surface area contributed by atoms with Crippen LogP contribution in [0, 0.1) is 11.3 Å². The Morgan fingerprint density at radius 2 is 2.19 bits per heavy atom. The Kier molecular flexibility index (Phi) is 5.17. The molecule has 0 bridgehead atoms. The number of nitrogens with zero attached hydrogens (tertiary/aromatic N) is 3. The van der Waals surface area contributed by atoms with Gasteiger partial charge in [0.25, 0.3) is 5.91 Å². The molecule has 134 valence electrons. The molecule has 2 aromatic rings. The molecule has 1 aromatic heterocycles. The van der Waals surface area contributed by atoms with E-state index in [4.69, 9.17) is 5.26 Å². The molecule has 6 nitrogen and oxygen atoms in total. The van der Waals surface area contributed by atoms with Gasteiger partial charge < -0.3 is 10.2 Å². The highest BCUT2D eigenvalue weighted by Gasteiger charge is 2.28. The van der Waals surface area contributed by atoms with Gasteiger partial charge in [0, 0.05) is 18.1 Å². The third kappa shape index (κ3) is 3.52. The molecule has 1 atom stereocenters. The predicted molar refractivity (Wildman–Crippen MR) is 98.5 cm³/mol. The maximum absolute atomic E-state index is 12.6. The van der Waals surface area contributed by atoms with Crippen LogP contribution in [0.3, 0.4) is 0 Å². The lowest BCUT2D eigenvalue weighted by Gasteiger charge is -2.19. The minimum atomic E-state index is -0.379. The fourth-order valence-corrected chi connectivity index (χ4v) is 3.27. The largest absolute Gasteiger partial charge is 0.343 e. The lowest BCUT2D eigenvalue weighted by molar-refractivity contribution is -0.130. The summed E-state index contributed by atoms with van der Waals surface area (Å²) in [7, 11) is 0. The highest BCUT2D eigenvalue weighted by molar-refractivity contribution is 6.07. The SMILES string of the molecule is CC(C)c1ccc2c(C(=O)NCC(=O)N3CCC[C@H]3C#N)ccnc2c1. The molecule has 2 heterocycles. The fraction of sp³-hybridized carbons (Fsp3) is 0.400. The van der Waals surface area contributed by atoms with E-state index in [0.29, 0.717) is 24.4 Å². The number of hydrogen-bond donors (Lipinski definition) is 1. The summed E-state index contributed by atoms with van der Waals surface area (Å²) in [6.07, 6.45) is 3.13. The molecular formula is C20H22N4O2. The predicted octanol–water partition coefficient (Wildman–Crippen LogP) is 2.60. The quantitative estimate of drug-likeness (QED) is 0.918. The molecule has 1 aromatic carbocycles. The van der Waals surface area contributed by atoms with Crippen molar-refractivity contribution in [3.8, 4) is 6.07 Å². The molecule has 1 aliphatic heterocycles. The third-order valence-corrected chi connectivity index (χ3v) is 4.80. The molecule has 3 rings (SSSR count). The van der Waals surface area contributed by atoms with E-state index in [0.717, 1.165) is 22.9 Å². The third-order valence-electron chi connectivity index (χ3n) is 4.80. The van der Waals surface area contributed by atoms with E-state index in [9.17, 15) is 9.59 Å². The van der Waals surface area contributed by atoms with Crippen molar-refractivity contribution in [1.29, 1.82) is 5.26 Å². The zero-order valence-corrected chi connectivity index (χ0v) is 15.0. The number of carbonyl (C=O) groups is 2. The molecule has 1 N–H and O–H groups in total. The van der Waals surface area contributed by atoms with Crippen LogP contribution >= 0.6 is 0 Å². The van der Waals surface area contributed by atoms with Crippen LogP contribution in [0.15, 0.2) is 30.5 Å². The van der Waals surface area contributed by atoms with Crippen molar-refractivity contribution in [1.82, 2.24) is 15.2 Å². The first-order valence-electron chi connectivity index (χ1n) is 8.87. The van der Waals surface area contributed by atoms with Crippen LogP contribution in [0.1, 0.15) is 48.5 Å². The van der Waals surface area contributed by atoms with Crippen LogP contribution in [-0.2, 0) is 4.79 Å². The van der Waals surface area contributed by atoms with E-state index >= 15 is 0 Å². The maximum atomic E-state index is 12.6. The van der Waals surface area contributed by atoms with Crippen molar-refractivity contribution >= 4 is 22.7 Å². The zero-order chi connectivity index (χ0) is 18.7. The number of nitrogens with one attached hydrogen (secondary N) is 1. The highest BCUT2D eigenvalue weighted by atomic mass is 16.2. The van der Waals surface area contributed by atoms with Crippen LogP contribution in [0.2, 0.25) is 0 Å². The number of rotatable bonds is 4. The van der Waals surface area contributed by atoms with Crippen LogP contribution in [0.4, 0.5) is 0 Å². The highest BCUT2D eigenvalue weighted by Crippen LogP contribution is 2.22. The monoisotopic (exact) mass is 350 g/mol. The molecule has 1 saturated heterocycles. The van der Waals surface area contributed by atoms with Crippen LogP contribution in [0.25, 0.3) is 10.9 Å². The number of amides is 2. The number of likely N-dealkylation sites (tertiary alicyclic amines) is 1. The van der Waals surface area contributed by atoms with Crippen molar-refractivity contribution < 1.29 is 9.59 Å². The molecule has 0 radical (unpaired) electrons. The summed E-state index contributed by atoms with van der Waals surface area (Å²) in [5.41, 5.74) is 2.42.